The molecular formula is C21H25NO. The molecule has 2 aromatic carbocycles. The molecule has 1 saturated heterocycles. The third kappa shape index (κ3) is 2.71. The van der Waals surface area contributed by atoms with E-state index in [-0.39, 0.29) is 6.61 Å². The van der Waals surface area contributed by atoms with Crippen LogP contribution in [0.4, 0.5) is 0 Å². The Bertz CT molecular complexity index is 712. The zero-order chi connectivity index (χ0) is 15.8. The van der Waals surface area contributed by atoms with E-state index < -0.39 is 0 Å². The molecule has 1 heterocycles. The minimum Gasteiger partial charge on any atom is -0.392 e. The van der Waals surface area contributed by atoms with Crippen LogP contribution in [0.2, 0.25) is 0 Å². The summed E-state index contributed by atoms with van der Waals surface area (Å²) >= 11 is 0. The van der Waals surface area contributed by atoms with Gasteiger partial charge in [0.1, 0.15) is 0 Å². The number of nitrogens with one attached hydrogen (secondary N) is 1. The maximum Gasteiger partial charge on any atom is 0.0687 e. The average molecular weight is 307 g/mol. The van der Waals surface area contributed by atoms with Gasteiger partial charge in [0.05, 0.1) is 6.61 Å². The van der Waals surface area contributed by atoms with Crippen molar-refractivity contribution in [3.8, 4) is 11.1 Å². The lowest BCUT2D eigenvalue weighted by molar-refractivity contribution is 0.279. The second-order valence-corrected chi connectivity index (χ2v) is 7.02. The van der Waals surface area contributed by atoms with E-state index in [0.717, 1.165) is 24.6 Å². The fourth-order valence-corrected chi connectivity index (χ4v) is 4.07. The largest absolute Gasteiger partial charge is 0.392 e. The Morgan fingerprint density at radius 2 is 1.78 bits per heavy atom. The van der Waals surface area contributed by atoms with Gasteiger partial charge < -0.3 is 10.4 Å². The lowest BCUT2D eigenvalue weighted by Crippen LogP contribution is -2.10. The molecule has 0 radical (unpaired) electrons. The summed E-state index contributed by atoms with van der Waals surface area (Å²) in [5.41, 5.74) is 7.87. The van der Waals surface area contributed by atoms with E-state index in [1.165, 1.54) is 47.1 Å². The fraction of sp³-hybridized carbons (Fsp3) is 0.429. The van der Waals surface area contributed by atoms with Crippen molar-refractivity contribution in [3.63, 3.8) is 0 Å². The lowest BCUT2D eigenvalue weighted by Gasteiger charge is -2.20. The van der Waals surface area contributed by atoms with Crippen molar-refractivity contribution >= 4 is 0 Å². The highest BCUT2D eigenvalue weighted by molar-refractivity contribution is 5.73. The Kier molecular flexibility index (Phi) is 3.96. The zero-order valence-electron chi connectivity index (χ0n) is 13.8. The molecule has 0 aromatic heterocycles. The SMILES string of the molecule is Cc1c(-c2ccccc2C2CC2)ccc(C2CCNC2)c1CO. The van der Waals surface area contributed by atoms with Crippen LogP contribution in [0.5, 0.6) is 0 Å². The van der Waals surface area contributed by atoms with Gasteiger partial charge in [-0.15, -0.1) is 0 Å². The first-order valence-electron chi connectivity index (χ1n) is 8.83. The van der Waals surface area contributed by atoms with Crippen LogP contribution >= 0.6 is 0 Å². The molecule has 4 rings (SSSR count). The van der Waals surface area contributed by atoms with Gasteiger partial charge >= 0.3 is 0 Å². The number of rotatable bonds is 4. The highest BCUT2D eigenvalue weighted by Gasteiger charge is 2.27. The van der Waals surface area contributed by atoms with E-state index in [4.69, 9.17) is 0 Å². The van der Waals surface area contributed by atoms with Gasteiger partial charge in [0.25, 0.3) is 0 Å². The van der Waals surface area contributed by atoms with Gasteiger partial charge in [0.2, 0.25) is 0 Å². The molecule has 1 saturated carbocycles. The van der Waals surface area contributed by atoms with Gasteiger partial charge in [0.15, 0.2) is 0 Å². The molecule has 2 aliphatic rings. The van der Waals surface area contributed by atoms with E-state index in [9.17, 15) is 5.11 Å². The summed E-state index contributed by atoms with van der Waals surface area (Å²) in [5.74, 6) is 1.28. The topological polar surface area (TPSA) is 32.3 Å². The summed E-state index contributed by atoms with van der Waals surface area (Å²) in [6.07, 6.45) is 3.80. The quantitative estimate of drug-likeness (QED) is 0.891. The van der Waals surface area contributed by atoms with Crippen molar-refractivity contribution in [1.29, 1.82) is 0 Å². The maximum absolute atomic E-state index is 10.0. The van der Waals surface area contributed by atoms with Crippen molar-refractivity contribution in [2.24, 2.45) is 0 Å². The average Bonchev–Trinajstić information content (AvgIpc) is 3.29. The van der Waals surface area contributed by atoms with Crippen LogP contribution in [0.25, 0.3) is 11.1 Å². The Morgan fingerprint density at radius 1 is 0.957 bits per heavy atom. The van der Waals surface area contributed by atoms with Crippen LogP contribution in [0, 0.1) is 6.92 Å². The van der Waals surface area contributed by atoms with Crippen LogP contribution < -0.4 is 5.32 Å². The summed E-state index contributed by atoms with van der Waals surface area (Å²) < 4.78 is 0. The van der Waals surface area contributed by atoms with E-state index in [1.807, 2.05) is 0 Å². The summed E-state index contributed by atoms with van der Waals surface area (Å²) in [6.45, 7) is 4.43. The molecule has 2 aromatic rings. The molecule has 2 nitrogen and oxygen atoms in total. The van der Waals surface area contributed by atoms with Gasteiger partial charge in [-0.3, -0.25) is 0 Å². The molecule has 0 spiro atoms. The van der Waals surface area contributed by atoms with Crippen LogP contribution in [0.15, 0.2) is 36.4 Å². The molecule has 2 N–H and O–H groups in total. The van der Waals surface area contributed by atoms with Crippen LogP contribution in [-0.2, 0) is 6.61 Å². The number of aliphatic hydroxyl groups is 1. The fourth-order valence-electron chi connectivity index (χ4n) is 4.07. The summed E-state index contributed by atoms with van der Waals surface area (Å²) in [5, 5.41) is 13.4. The van der Waals surface area contributed by atoms with Gasteiger partial charge in [-0.05, 0) is 77.9 Å². The number of hydrogen-bond donors (Lipinski definition) is 2. The second-order valence-electron chi connectivity index (χ2n) is 7.02. The molecule has 0 amide bonds. The lowest BCUT2D eigenvalue weighted by atomic mass is 9.85. The smallest absolute Gasteiger partial charge is 0.0687 e. The van der Waals surface area contributed by atoms with Crippen LogP contribution in [0.3, 0.4) is 0 Å². The maximum atomic E-state index is 10.0. The predicted molar refractivity (Wildman–Crippen MR) is 94.7 cm³/mol. The third-order valence-corrected chi connectivity index (χ3v) is 5.56. The van der Waals surface area contributed by atoms with Crippen molar-refractivity contribution in [2.45, 2.75) is 44.6 Å². The predicted octanol–water partition coefficient (Wildman–Crippen LogP) is 4.11. The summed E-state index contributed by atoms with van der Waals surface area (Å²) in [6, 6.07) is 13.3. The van der Waals surface area contributed by atoms with E-state index in [1.54, 1.807) is 0 Å². The second kappa shape index (κ2) is 6.10. The minimum atomic E-state index is 0.136. The molecule has 1 atom stereocenters. The molecule has 2 heteroatoms. The molecule has 23 heavy (non-hydrogen) atoms. The third-order valence-electron chi connectivity index (χ3n) is 5.56. The first kappa shape index (κ1) is 14.9. The Morgan fingerprint density at radius 3 is 2.48 bits per heavy atom. The first-order chi connectivity index (χ1) is 11.3. The van der Waals surface area contributed by atoms with Crippen molar-refractivity contribution in [1.82, 2.24) is 5.32 Å². The van der Waals surface area contributed by atoms with Gasteiger partial charge in [-0.1, -0.05) is 36.4 Å². The molecule has 1 aliphatic heterocycles. The molecule has 1 aliphatic carbocycles. The van der Waals surface area contributed by atoms with Crippen molar-refractivity contribution in [3.05, 3.63) is 58.7 Å². The van der Waals surface area contributed by atoms with Gasteiger partial charge in [-0.25, -0.2) is 0 Å². The van der Waals surface area contributed by atoms with Crippen LogP contribution in [0.1, 0.15) is 53.4 Å². The standard InChI is InChI=1S/C21H25NO/c1-14-17(20-5-3-2-4-18(20)15-6-7-15)8-9-19(21(14)13-23)16-10-11-22-12-16/h2-5,8-9,15-16,22-23H,6-7,10-13H2,1H3. The Balaban J connectivity index is 1.81. The van der Waals surface area contributed by atoms with E-state index in [0.29, 0.717) is 5.92 Å². The number of aliphatic hydroxyl groups excluding tert-OH is 1. The first-order valence-corrected chi connectivity index (χ1v) is 8.83. The monoisotopic (exact) mass is 307 g/mol. The Labute approximate surface area is 138 Å². The number of hydrogen-bond acceptors (Lipinski definition) is 2. The molecule has 2 fully saturated rings. The van der Waals surface area contributed by atoms with E-state index >= 15 is 0 Å². The number of benzene rings is 2. The highest BCUT2D eigenvalue weighted by Crippen LogP contribution is 2.45. The zero-order valence-corrected chi connectivity index (χ0v) is 13.8. The van der Waals surface area contributed by atoms with Crippen molar-refractivity contribution in [2.75, 3.05) is 13.1 Å². The highest BCUT2D eigenvalue weighted by atomic mass is 16.3. The summed E-state index contributed by atoms with van der Waals surface area (Å²) in [4.78, 5) is 0. The van der Waals surface area contributed by atoms with Crippen molar-refractivity contribution < 1.29 is 5.11 Å². The van der Waals surface area contributed by atoms with Crippen LogP contribution in [-0.4, -0.2) is 18.2 Å². The molecule has 1 unspecified atom stereocenters. The van der Waals surface area contributed by atoms with E-state index in [2.05, 4.69) is 48.6 Å². The van der Waals surface area contributed by atoms with Gasteiger partial charge in [0, 0.05) is 6.54 Å². The molecule has 0 bridgehead atoms. The molecular weight excluding hydrogens is 282 g/mol. The normalized spacial score (nSPS) is 20.9. The molecule has 120 valence electrons. The van der Waals surface area contributed by atoms with Gasteiger partial charge in [-0.2, -0.15) is 0 Å². The minimum absolute atomic E-state index is 0.136. The Hall–Kier alpha value is -1.64. The summed E-state index contributed by atoms with van der Waals surface area (Å²) in [7, 11) is 0.